The zero-order valence-electron chi connectivity index (χ0n) is 8.94. The molecule has 0 aliphatic carbocycles. The van der Waals surface area contributed by atoms with Gasteiger partial charge in [0.05, 0.1) is 6.54 Å². The Labute approximate surface area is 89.3 Å². The summed E-state index contributed by atoms with van der Waals surface area (Å²) in [5, 5.41) is 2.89. The molecule has 0 saturated carbocycles. The molecule has 1 aliphatic heterocycles. The first-order valence-electron chi connectivity index (χ1n) is 5.26. The Bertz CT molecular complexity index is 365. The quantitative estimate of drug-likeness (QED) is 0.703. The maximum atomic E-state index is 10.0. The van der Waals surface area contributed by atoms with Gasteiger partial charge in [-0.1, -0.05) is 11.2 Å². The summed E-state index contributed by atoms with van der Waals surface area (Å²) in [6.45, 7) is 5.05. The van der Waals surface area contributed by atoms with Crippen LogP contribution in [-0.4, -0.2) is 29.5 Å². The van der Waals surface area contributed by atoms with E-state index in [1.165, 1.54) is 11.3 Å². The number of aromatic nitrogens is 1. The second-order valence-corrected chi connectivity index (χ2v) is 3.94. The molecule has 80 valence electrons. The van der Waals surface area contributed by atoms with Crippen LogP contribution in [0.5, 0.6) is 0 Å². The number of fused-ring (bicyclic) bond motifs is 1. The van der Waals surface area contributed by atoms with Gasteiger partial charge in [-0.05, 0) is 18.6 Å². The molecule has 0 saturated heterocycles. The summed E-state index contributed by atoms with van der Waals surface area (Å²) in [5.41, 5.74) is 3.58. The smallest absolute Gasteiger partial charge is 0.0938 e. The van der Waals surface area contributed by atoms with Crippen LogP contribution in [-0.2, 0) is 13.0 Å². The summed E-state index contributed by atoms with van der Waals surface area (Å²) < 4.78 is 0. The van der Waals surface area contributed by atoms with Gasteiger partial charge in [0.25, 0.3) is 0 Å². The van der Waals surface area contributed by atoms with Gasteiger partial charge in [-0.15, -0.1) is 0 Å². The molecule has 1 aliphatic rings. The van der Waals surface area contributed by atoms with Crippen LogP contribution in [0.4, 0.5) is 0 Å². The Balaban J connectivity index is 2.06. The molecule has 0 spiro atoms. The van der Waals surface area contributed by atoms with Crippen LogP contribution in [0.2, 0.25) is 0 Å². The van der Waals surface area contributed by atoms with Crippen molar-refractivity contribution in [3.63, 3.8) is 0 Å². The van der Waals surface area contributed by atoms with E-state index in [4.69, 9.17) is 0 Å². The first kappa shape index (κ1) is 10.2. The van der Waals surface area contributed by atoms with E-state index in [1.807, 2.05) is 13.0 Å². The summed E-state index contributed by atoms with van der Waals surface area (Å²) in [6.07, 6.45) is 0.982. The minimum absolute atomic E-state index is 0.384. The molecular formula is C11H15N3O. The van der Waals surface area contributed by atoms with Crippen molar-refractivity contribution in [2.24, 2.45) is 5.18 Å². The highest BCUT2D eigenvalue weighted by Gasteiger charge is 2.16. The lowest BCUT2D eigenvalue weighted by atomic mass is 10.1. The molecular weight excluding hydrogens is 190 g/mol. The molecule has 0 atom stereocenters. The predicted molar refractivity (Wildman–Crippen MR) is 58.6 cm³/mol. The number of nitroso groups, excluding NO2 is 1. The van der Waals surface area contributed by atoms with E-state index < -0.39 is 0 Å². The van der Waals surface area contributed by atoms with Crippen LogP contribution in [0.3, 0.4) is 0 Å². The zero-order chi connectivity index (χ0) is 10.7. The Hall–Kier alpha value is -1.29. The van der Waals surface area contributed by atoms with Gasteiger partial charge < -0.3 is 0 Å². The Morgan fingerprint density at radius 2 is 2.40 bits per heavy atom. The van der Waals surface area contributed by atoms with Crippen LogP contribution >= 0.6 is 0 Å². The summed E-state index contributed by atoms with van der Waals surface area (Å²) in [6, 6.07) is 4.18. The van der Waals surface area contributed by atoms with Crippen molar-refractivity contribution in [3.05, 3.63) is 34.0 Å². The highest BCUT2D eigenvalue weighted by atomic mass is 16.3. The number of hydrogen-bond donors (Lipinski definition) is 0. The second-order valence-electron chi connectivity index (χ2n) is 3.94. The van der Waals surface area contributed by atoms with E-state index in [9.17, 15) is 4.91 Å². The van der Waals surface area contributed by atoms with Gasteiger partial charge >= 0.3 is 0 Å². The molecule has 4 heteroatoms. The number of pyridine rings is 1. The minimum atomic E-state index is 0.384. The lowest BCUT2D eigenvalue weighted by molar-refractivity contribution is 0.259. The Morgan fingerprint density at radius 1 is 1.53 bits per heavy atom. The molecule has 15 heavy (non-hydrogen) atoms. The topological polar surface area (TPSA) is 45.6 Å². The Morgan fingerprint density at radius 3 is 3.20 bits per heavy atom. The molecule has 2 rings (SSSR count). The third-order valence-electron chi connectivity index (χ3n) is 2.77. The standard InChI is InChI=1S/C11H15N3O/c1-9-2-3-10-8-14(7-5-12-15)6-4-11(10)13-9/h2-3H,4-8H2,1H3. The maximum absolute atomic E-state index is 10.0. The van der Waals surface area contributed by atoms with Crippen LogP contribution < -0.4 is 0 Å². The van der Waals surface area contributed by atoms with Gasteiger partial charge in [-0.2, -0.15) is 4.91 Å². The van der Waals surface area contributed by atoms with E-state index in [2.05, 4.69) is 21.1 Å². The largest absolute Gasteiger partial charge is 0.297 e. The molecule has 0 unspecified atom stereocenters. The second kappa shape index (κ2) is 4.49. The van der Waals surface area contributed by atoms with Crippen molar-refractivity contribution in [1.29, 1.82) is 0 Å². The fourth-order valence-corrected chi connectivity index (χ4v) is 1.96. The fraction of sp³-hybridized carbons (Fsp3) is 0.545. The van der Waals surface area contributed by atoms with Crippen LogP contribution in [0.25, 0.3) is 0 Å². The number of rotatable bonds is 3. The molecule has 0 aromatic carbocycles. The average molecular weight is 205 g/mol. The predicted octanol–water partition coefficient (Wildman–Crippen LogP) is 1.51. The van der Waals surface area contributed by atoms with Crippen molar-refractivity contribution in [3.8, 4) is 0 Å². The van der Waals surface area contributed by atoms with Gasteiger partial charge in [-0.3, -0.25) is 9.88 Å². The van der Waals surface area contributed by atoms with Gasteiger partial charge in [0.15, 0.2) is 0 Å². The van der Waals surface area contributed by atoms with Crippen molar-refractivity contribution in [2.45, 2.75) is 19.9 Å². The van der Waals surface area contributed by atoms with E-state index in [-0.39, 0.29) is 0 Å². The van der Waals surface area contributed by atoms with Gasteiger partial charge in [0.1, 0.15) is 0 Å². The molecule has 0 fully saturated rings. The third-order valence-corrected chi connectivity index (χ3v) is 2.77. The highest BCUT2D eigenvalue weighted by Crippen LogP contribution is 2.16. The summed E-state index contributed by atoms with van der Waals surface area (Å²) in [4.78, 5) is 16.8. The third kappa shape index (κ3) is 2.39. The maximum Gasteiger partial charge on any atom is 0.0938 e. The molecule has 0 radical (unpaired) electrons. The summed E-state index contributed by atoms with van der Waals surface area (Å²) in [5.74, 6) is 0. The zero-order valence-corrected chi connectivity index (χ0v) is 8.94. The number of hydrogen-bond acceptors (Lipinski definition) is 4. The van der Waals surface area contributed by atoms with Gasteiger partial charge in [0.2, 0.25) is 0 Å². The molecule has 2 heterocycles. The summed E-state index contributed by atoms with van der Waals surface area (Å²) >= 11 is 0. The lowest BCUT2D eigenvalue weighted by Gasteiger charge is -2.27. The molecule has 0 bridgehead atoms. The monoisotopic (exact) mass is 205 g/mol. The van der Waals surface area contributed by atoms with E-state index >= 15 is 0 Å². The van der Waals surface area contributed by atoms with Crippen molar-refractivity contribution >= 4 is 0 Å². The summed E-state index contributed by atoms with van der Waals surface area (Å²) in [7, 11) is 0. The molecule has 0 N–H and O–H groups in total. The number of aryl methyl sites for hydroxylation is 1. The molecule has 0 amide bonds. The van der Waals surface area contributed by atoms with Crippen LogP contribution in [0.15, 0.2) is 17.3 Å². The average Bonchev–Trinajstić information content (AvgIpc) is 2.26. The Kier molecular flexibility index (Phi) is 3.06. The van der Waals surface area contributed by atoms with Crippen LogP contribution in [0, 0.1) is 11.8 Å². The van der Waals surface area contributed by atoms with Crippen molar-refractivity contribution in [1.82, 2.24) is 9.88 Å². The molecule has 1 aromatic heterocycles. The van der Waals surface area contributed by atoms with Gasteiger partial charge in [-0.25, -0.2) is 0 Å². The SMILES string of the molecule is Cc1ccc2c(n1)CCN(CCN=O)C2. The van der Waals surface area contributed by atoms with Crippen molar-refractivity contribution in [2.75, 3.05) is 19.6 Å². The fourth-order valence-electron chi connectivity index (χ4n) is 1.96. The van der Waals surface area contributed by atoms with E-state index in [0.29, 0.717) is 6.54 Å². The van der Waals surface area contributed by atoms with E-state index in [0.717, 1.165) is 31.7 Å². The highest BCUT2D eigenvalue weighted by molar-refractivity contribution is 5.24. The van der Waals surface area contributed by atoms with Crippen molar-refractivity contribution < 1.29 is 0 Å². The molecule has 1 aromatic rings. The first-order chi connectivity index (χ1) is 7.29. The van der Waals surface area contributed by atoms with Crippen LogP contribution in [0.1, 0.15) is 17.0 Å². The minimum Gasteiger partial charge on any atom is -0.297 e. The normalized spacial score (nSPS) is 16.1. The first-order valence-corrected chi connectivity index (χ1v) is 5.26. The van der Waals surface area contributed by atoms with Gasteiger partial charge in [0, 0.05) is 37.4 Å². The lowest BCUT2D eigenvalue weighted by Crippen LogP contribution is -2.33. The molecule has 4 nitrogen and oxygen atoms in total. The van der Waals surface area contributed by atoms with E-state index in [1.54, 1.807) is 0 Å². The number of nitrogens with zero attached hydrogens (tertiary/aromatic N) is 3.